The van der Waals surface area contributed by atoms with Gasteiger partial charge in [0.05, 0.1) is 54.1 Å². The quantitative estimate of drug-likeness (QED) is 0.208. The van der Waals surface area contributed by atoms with E-state index in [1.807, 2.05) is 29.2 Å². The van der Waals surface area contributed by atoms with Gasteiger partial charge in [-0.05, 0) is 49.6 Å². The first-order valence-corrected chi connectivity index (χ1v) is 13.0. The predicted molar refractivity (Wildman–Crippen MR) is 150 cm³/mol. The van der Waals surface area contributed by atoms with E-state index in [2.05, 4.69) is 36.4 Å². The maximum absolute atomic E-state index is 11.6. The molecule has 204 valence electrons. The van der Waals surface area contributed by atoms with Crippen LogP contribution in [0.1, 0.15) is 36.2 Å². The molecule has 4 heterocycles. The van der Waals surface area contributed by atoms with Crippen molar-refractivity contribution in [3.8, 4) is 17.3 Å². The number of carbonyl (C=O) groups is 1. The van der Waals surface area contributed by atoms with Gasteiger partial charge in [0.15, 0.2) is 0 Å². The average molecular weight is 540 g/mol. The Kier molecular flexibility index (Phi) is 8.22. The molecule has 3 aromatic rings. The number of hydrazone groups is 1. The highest BCUT2D eigenvalue weighted by molar-refractivity contribution is 6.37. The molecule has 2 atom stereocenters. The number of benzene rings is 1. The van der Waals surface area contributed by atoms with Crippen LogP contribution in [0, 0.1) is 11.3 Å². The number of nitrogens with zero attached hydrogens (tertiary/aromatic N) is 7. The van der Waals surface area contributed by atoms with Crippen molar-refractivity contribution >= 4 is 29.7 Å². The first-order chi connectivity index (χ1) is 19.5. The number of carboxylic acid groups (broad SMARTS) is 1. The van der Waals surface area contributed by atoms with Crippen molar-refractivity contribution in [3.05, 3.63) is 65.5 Å². The Morgan fingerprint density at radius 1 is 1.23 bits per heavy atom. The summed E-state index contributed by atoms with van der Waals surface area (Å²) in [6, 6.07) is 16.1. The smallest absolute Gasteiger partial charge is 0.326 e. The molecule has 2 saturated heterocycles. The fourth-order valence-corrected chi connectivity index (χ4v) is 4.77. The number of hydrogen-bond acceptors (Lipinski definition) is 11. The van der Waals surface area contributed by atoms with E-state index in [4.69, 9.17) is 10.6 Å². The van der Waals surface area contributed by atoms with E-state index >= 15 is 0 Å². The number of nitrogens with two attached hydrogens (primary N) is 1. The van der Waals surface area contributed by atoms with E-state index < -0.39 is 12.0 Å². The maximum Gasteiger partial charge on any atom is 0.326 e. The van der Waals surface area contributed by atoms with Gasteiger partial charge in [-0.2, -0.15) is 10.4 Å². The molecule has 2 aliphatic rings. The molecule has 2 aliphatic heterocycles. The highest BCUT2D eigenvalue weighted by Crippen LogP contribution is 2.25. The van der Waals surface area contributed by atoms with Crippen molar-refractivity contribution < 1.29 is 14.6 Å². The molecule has 2 aromatic heterocycles. The lowest BCUT2D eigenvalue weighted by molar-refractivity contribution is -0.138. The molecule has 0 saturated carbocycles. The Balaban J connectivity index is 1.38. The van der Waals surface area contributed by atoms with E-state index in [0.29, 0.717) is 66.3 Å². The summed E-state index contributed by atoms with van der Waals surface area (Å²) in [6.45, 7) is 2.12. The van der Waals surface area contributed by atoms with Crippen LogP contribution >= 0.6 is 0 Å². The highest BCUT2D eigenvalue weighted by Gasteiger charge is 2.31. The number of nitriles is 1. The van der Waals surface area contributed by atoms with Crippen molar-refractivity contribution in [2.24, 2.45) is 15.9 Å². The van der Waals surface area contributed by atoms with Gasteiger partial charge < -0.3 is 25.9 Å². The summed E-state index contributed by atoms with van der Waals surface area (Å²) < 4.78 is 5.47. The molecule has 0 spiro atoms. The molecule has 5 rings (SSSR count). The third kappa shape index (κ3) is 6.22. The number of aromatic nitrogens is 3. The summed E-state index contributed by atoms with van der Waals surface area (Å²) >= 11 is 0. The minimum Gasteiger partial charge on any atom is -0.480 e. The Labute approximate surface area is 231 Å². The van der Waals surface area contributed by atoms with Crippen LogP contribution in [0.25, 0.3) is 11.3 Å². The molecule has 2 fully saturated rings. The highest BCUT2D eigenvalue weighted by atomic mass is 16.5. The van der Waals surface area contributed by atoms with Gasteiger partial charge in [-0.15, -0.1) is 0 Å². The molecule has 4 N–H and O–H groups in total. The fraction of sp³-hybridized carbons (Fsp3) is 0.321. The number of ether oxygens (including phenoxy) is 1. The van der Waals surface area contributed by atoms with Gasteiger partial charge >= 0.3 is 5.97 Å². The summed E-state index contributed by atoms with van der Waals surface area (Å²) in [4.78, 5) is 31.8. The van der Waals surface area contributed by atoms with Crippen molar-refractivity contribution in [3.63, 3.8) is 0 Å². The third-order valence-corrected chi connectivity index (χ3v) is 6.77. The van der Waals surface area contributed by atoms with E-state index in [-0.39, 0.29) is 12.6 Å². The van der Waals surface area contributed by atoms with Gasteiger partial charge in [-0.3, -0.25) is 4.99 Å². The first-order valence-electron chi connectivity index (χ1n) is 13.0. The largest absolute Gasteiger partial charge is 0.480 e. The number of carboxylic acids is 1. The van der Waals surface area contributed by atoms with Gasteiger partial charge in [0, 0.05) is 18.7 Å². The molecule has 0 bridgehead atoms. The molecule has 0 unspecified atom stereocenters. The molecular formula is C28H29N9O3. The Hall–Kier alpha value is -4.89. The van der Waals surface area contributed by atoms with Crippen molar-refractivity contribution in [1.82, 2.24) is 15.0 Å². The van der Waals surface area contributed by atoms with Crippen LogP contribution in [0.3, 0.4) is 0 Å². The van der Waals surface area contributed by atoms with Crippen molar-refractivity contribution in [2.75, 3.05) is 30.0 Å². The minimum absolute atomic E-state index is 0.0788. The topological polar surface area (TPSA) is 175 Å². The van der Waals surface area contributed by atoms with E-state index in [1.54, 1.807) is 24.3 Å². The number of anilines is 2. The summed E-state index contributed by atoms with van der Waals surface area (Å²) in [6.07, 6.45) is 3.78. The Morgan fingerprint density at radius 2 is 2.10 bits per heavy atom. The first kappa shape index (κ1) is 26.7. The second-order valence-electron chi connectivity index (χ2n) is 9.52. The number of aliphatic imine (C=N–C) groups is 1. The number of hydrogen-bond donors (Lipinski definition) is 3. The normalized spacial score (nSPS) is 19.2. The van der Waals surface area contributed by atoms with Gasteiger partial charge in [0.1, 0.15) is 17.6 Å². The summed E-state index contributed by atoms with van der Waals surface area (Å²) in [5.41, 5.74) is 3.36. The standard InChI is InChI=1S/C28H29N9O3/c29-14-18-4-1-5-19(12-18)22-13-23(35-28(34-22)33-21-9-11-40-17-21)24(36-30)16-31-15-20-6-2-8-26(32-20)37-10-3-7-25(37)27(38)39/h1-2,4-6,8,12-13,16,21,25H,3,7,9-11,15,17,30H2,(H,38,39)(H,33,34,35)/b31-16?,36-24+/t21-,25-/m1/s1. The zero-order valence-electron chi connectivity index (χ0n) is 21.8. The molecule has 40 heavy (non-hydrogen) atoms. The zero-order chi connectivity index (χ0) is 27.9. The lowest BCUT2D eigenvalue weighted by Crippen LogP contribution is -2.36. The molecule has 12 heteroatoms. The molecule has 0 radical (unpaired) electrons. The Bertz CT molecular complexity index is 1480. The molecule has 0 amide bonds. The predicted octanol–water partition coefficient (Wildman–Crippen LogP) is 2.60. The molecule has 1 aromatic carbocycles. The Morgan fingerprint density at radius 3 is 2.88 bits per heavy atom. The van der Waals surface area contributed by atoms with E-state index in [9.17, 15) is 15.2 Å². The summed E-state index contributed by atoms with van der Waals surface area (Å²) in [7, 11) is 0. The van der Waals surface area contributed by atoms with Crippen LogP contribution in [-0.4, -0.2) is 69.8 Å². The number of aliphatic carboxylic acids is 1. The second-order valence-corrected chi connectivity index (χ2v) is 9.52. The number of rotatable bonds is 9. The lowest BCUT2D eigenvalue weighted by atomic mass is 10.1. The maximum atomic E-state index is 11.6. The van der Waals surface area contributed by atoms with Crippen LogP contribution in [-0.2, 0) is 16.1 Å². The van der Waals surface area contributed by atoms with E-state index in [1.165, 1.54) is 6.21 Å². The van der Waals surface area contributed by atoms with Gasteiger partial charge in [0.2, 0.25) is 5.95 Å². The summed E-state index contributed by atoms with van der Waals surface area (Å²) in [5.74, 6) is 5.93. The van der Waals surface area contributed by atoms with Gasteiger partial charge in [-0.1, -0.05) is 18.2 Å². The van der Waals surface area contributed by atoms with Crippen molar-refractivity contribution in [2.45, 2.75) is 37.9 Å². The van der Waals surface area contributed by atoms with Crippen LogP contribution in [0.5, 0.6) is 0 Å². The van der Waals surface area contributed by atoms with Crippen molar-refractivity contribution in [1.29, 1.82) is 5.26 Å². The SMILES string of the molecule is N#Cc1cccc(-c2cc(/C(C=NCc3cccc(N4CCC[C@@H]4C(=O)O)n3)=N/N)nc(N[C@@H]3CCOC3)n2)c1. The minimum atomic E-state index is -0.843. The summed E-state index contributed by atoms with van der Waals surface area (Å²) in [5, 5.41) is 26.1. The van der Waals surface area contributed by atoms with Crippen LogP contribution in [0.4, 0.5) is 11.8 Å². The third-order valence-electron chi connectivity index (χ3n) is 6.77. The number of nitrogens with one attached hydrogen (secondary N) is 1. The van der Waals surface area contributed by atoms with Crippen LogP contribution in [0.2, 0.25) is 0 Å². The molecular weight excluding hydrogens is 510 g/mol. The molecule has 12 nitrogen and oxygen atoms in total. The van der Waals surface area contributed by atoms with Crippen LogP contribution < -0.4 is 16.1 Å². The van der Waals surface area contributed by atoms with E-state index in [0.717, 1.165) is 18.4 Å². The molecule has 0 aliphatic carbocycles. The second kappa shape index (κ2) is 12.3. The average Bonchev–Trinajstić information content (AvgIpc) is 3.68. The zero-order valence-corrected chi connectivity index (χ0v) is 21.8. The fourth-order valence-electron chi connectivity index (χ4n) is 4.77. The van der Waals surface area contributed by atoms with Crippen LogP contribution in [0.15, 0.2) is 58.6 Å². The lowest BCUT2D eigenvalue weighted by Gasteiger charge is -2.22. The monoisotopic (exact) mass is 539 g/mol. The number of pyridine rings is 1. The van der Waals surface area contributed by atoms with Gasteiger partial charge in [-0.25, -0.2) is 19.7 Å². The van der Waals surface area contributed by atoms with Gasteiger partial charge in [0.25, 0.3) is 0 Å².